The fraction of sp³-hybridized carbons (Fsp3) is 0.419. The lowest BCUT2D eigenvalue weighted by atomic mass is 9.94. The maximum atomic E-state index is 6.72. The summed E-state index contributed by atoms with van der Waals surface area (Å²) in [6.07, 6.45) is 3.53. The molecule has 3 aromatic carbocycles. The van der Waals surface area contributed by atoms with E-state index in [0.717, 1.165) is 48.1 Å². The zero-order valence-electron chi connectivity index (χ0n) is 22.8. The normalized spacial score (nSPS) is 14.3. The Morgan fingerprint density at radius 3 is 1.86 bits per heavy atom. The highest BCUT2D eigenvalue weighted by molar-refractivity contribution is 5.82. The first-order chi connectivity index (χ1) is 18.1. The van der Waals surface area contributed by atoms with E-state index in [1.165, 1.54) is 11.1 Å². The van der Waals surface area contributed by atoms with Crippen LogP contribution in [0, 0.1) is 0 Å². The molecule has 0 bridgehead atoms. The van der Waals surface area contributed by atoms with Crippen LogP contribution in [0.25, 0.3) is 11.1 Å². The van der Waals surface area contributed by atoms with Crippen LogP contribution in [-0.4, -0.2) is 34.5 Å². The summed E-state index contributed by atoms with van der Waals surface area (Å²) in [7, 11) is 5.02. The minimum Gasteiger partial charge on any atom is -0.493 e. The number of hydrogen-bond donors (Lipinski definition) is 0. The van der Waals surface area contributed by atoms with Crippen molar-refractivity contribution in [1.29, 1.82) is 0 Å². The molecular weight excluding hydrogens is 468 g/mol. The first-order valence-corrected chi connectivity index (χ1v) is 13.1. The summed E-state index contributed by atoms with van der Waals surface area (Å²) in [5.74, 6) is 4.18. The van der Waals surface area contributed by atoms with Gasteiger partial charge in [-0.15, -0.1) is 0 Å². The summed E-state index contributed by atoms with van der Waals surface area (Å²) in [5, 5.41) is 0. The second kappa shape index (κ2) is 12.1. The Hall–Kier alpha value is -3.54. The summed E-state index contributed by atoms with van der Waals surface area (Å²) in [5.41, 5.74) is 5.19. The van der Waals surface area contributed by atoms with Crippen molar-refractivity contribution in [3.05, 3.63) is 59.2 Å². The number of fused-ring (bicyclic) bond motifs is 3. The van der Waals surface area contributed by atoms with Gasteiger partial charge in [-0.25, -0.2) is 0 Å². The van der Waals surface area contributed by atoms with Gasteiger partial charge in [0, 0.05) is 11.1 Å². The Bertz CT molecular complexity index is 1220. The Kier molecular flexibility index (Phi) is 8.70. The lowest BCUT2D eigenvalue weighted by Gasteiger charge is -2.29. The molecule has 37 heavy (non-hydrogen) atoms. The van der Waals surface area contributed by atoms with Crippen molar-refractivity contribution in [3.63, 3.8) is 0 Å². The van der Waals surface area contributed by atoms with E-state index in [9.17, 15) is 0 Å². The van der Waals surface area contributed by atoms with Gasteiger partial charge in [-0.3, -0.25) is 0 Å². The first kappa shape index (κ1) is 26.5. The highest BCUT2D eigenvalue weighted by Crippen LogP contribution is 2.50. The maximum Gasteiger partial charge on any atom is 0.170 e. The number of aryl methyl sites for hydroxylation is 2. The van der Waals surface area contributed by atoms with Gasteiger partial charge in [0.05, 0.1) is 27.9 Å². The second-order valence-corrected chi connectivity index (χ2v) is 9.11. The average molecular weight is 507 g/mol. The van der Waals surface area contributed by atoms with Crippen LogP contribution in [0.15, 0.2) is 42.5 Å². The van der Waals surface area contributed by atoms with Crippen molar-refractivity contribution >= 4 is 0 Å². The Balaban J connectivity index is 1.90. The van der Waals surface area contributed by atoms with E-state index in [0.29, 0.717) is 35.4 Å². The van der Waals surface area contributed by atoms with Crippen LogP contribution < -0.4 is 28.4 Å². The van der Waals surface area contributed by atoms with Gasteiger partial charge < -0.3 is 28.4 Å². The van der Waals surface area contributed by atoms with Crippen LogP contribution >= 0.6 is 0 Å². The predicted molar refractivity (Wildman–Crippen MR) is 146 cm³/mol. The van der Waals surface area contributed by atoms with Crippen LogP contribution in [-0.2, 0) is 12.8 Å². The minimum absolute atomic E-state index is 0.285. The van der Waals surface area contributed by atoms with E-state index in [1.54, 1.807) is 21.3 Å². The van der Waals surface area contributed by atoms with Crippen molar-refractivity contribution in [2.45, 2.75) is 52.6 Å². The molecule has 0 radical (unpaired) electrons. The molecule has 6 nitrogen and oxygen atoms in total. The second-order valence-electron chi connectivity index (χ2n) is 9.11. The number of ether oxygens (including phenoxy) is 6. The van der Waals surface area contributed by atoms with E-state index in [1.807, 2.05) is 25.1 Å². The number of methoxy groups -OCH3 is 3. The van der Waals surface area contributed by atoms with Gasteiger partial charge in [0.15, 0.2) is 40.6 Å². The Labute approximate surface area is 220 Å². The summed E-state index contributed by atoms with van der Waals surface area (Å²) < 4.78 is 36.2. The molecule has 0 N–H and O–H groups in total. The highest BCUT2D eigenvalue weighted by atomic mass is 16.6. The van der Waals surface area contributed by atoms with Gasteiger partial charge in [-0.2, -0.15) is 0 Å². The molecule has 0 aliphatic carbocycles. The largest absolute Gasteiger partial charge is 0.493 e. The van der Waals surface area contributed by atoms with Crippen LogP contribution in [0.3, 0.4) is 0 Å². The molecule has 1 heterocycles. The van der Waals surface area contributed by atoms with E-state index in [-0.39, 0.29) is 6.61 Å². The van der Waals surface area contributed by atoms with Crippen LogP contribution in [0.5, 0.6) is 34.5 Å². The molecular formula is C31H38O6. The molecule has 4 rings (SSSR count). The third-order valence-corrected chi connectivity index (χ3v) is 6.54. The minimum atomic E-state index is -0.414. The molecule has 0 aromatic heterocycles. The van der Waals surface area contributed by atoms with Crippen molar-refractivity contribution in [1.82, 2.24) is 0 Å². The zero-order chi connectivity index (χ0) is 26.4. The number of rotatable bonds is 10. The summed E-state index contributed by atoms with van der Waals surface area (Å²) in [6.45, 7) is 7.14. The van der Waals surface area contributed by atoms with Crippen LogP contribution in [0.1, 0.15) is 56.4 Å². The lowest BCUT2D eigenvalue weighted by molar-refractivity contribution is 0.121. The van der Waals surface area contributed by atoms with E-state index in [4.69, 9.17) is 28.4 Å². The van der Waals surface area contributed by atoms with Crippen molar-refractivity contribution < 1.29 is 28.4 Å². The topological polar surface area (TPSA) is 55.4 Å². The van der Waals surface area contributed by atoms with E-state index < -0.39 is 6.10 Å². The van der Waals surface area contributed by atoms with Crippen LogP contribution in [0.4, 0.5) is 0 Å². The molecule has 0 saturated heterocycles. The third-order valence-electron chi connectivity index (χ3n) is 6.54. The molecule has 0 spiro atoms. The highest BCUT2D eigenvalue weighted by Gasteiger charge is 2.29. The third kappa shape index (κ3) is 5.58. The quantitative estimate of drug-likeness (QED) is 0.290. The predicted octanol–water partition coefficient (Wildman–Crippen LogP) is 7.20. The van der Waals surface area contributed by atoms with E-state index >= 15 is 0 Å². The van der Waals surface area contributed by atoms with Gasteiger partial charge in [0.2, 0.25) is 0 Å². The monoisotopic (exact) mass is 506 g/mol. The van der Waals surface area contributed by atoms with Crippen molar-refractivity contribution in [2.75, 3.05) is 34.5 Å². The number of hydrogen-bond acceptors (Lipinski definition) is 6. The van der Waals surface area contributed by atoms with E-state index in [2.05, 4.69) is 38.1 Å². The molecule has 0 amide bonds. The van der Waals surface area contributed by atoms with Gasteiger partial charge >= 0.3 is 0 Å². The molecule has 6 heteroatoms. The molecule has 1 aliphatic rings. The molecule has 0 fully saturated rings. The maximum absolute atomic E-state index is 6.72. The average Bonchev–Trinajstić information content (AvgIpc) is 2.91. The Morgan fingerprint density at radius 1 is 0.703 bits per heavy atom. The van der Waals surface area contributed by atoms with Gasteiger partial charge in [-0.05, 0) is 72.9 Å². The first-order valence-electron chi connectivity index (χ1n) is 13.1. The molecule has 1 atom stereocenters. The summed E-state index contributed by atoms with van der Waals surface area (Å²) in [6, 6.07) is 14.4. The SMILES string of the molecule is CCCc1cc(OC)c2c(c1)-c1cc(CCC)cc(OC)c1OC(c1ccc(OCC)c(OC)c1)CO2. The molecule has 198 valence electrons. The fourth-order valence-electron chi connectivity index (χ4n) is 4.82. The zero-order valence-corrected chi connectivity index (χ0v) is 22.8. The smallest absolute Gasteiger partial charge is 0.170 e. The molecule has 0 saturated carbocycles. The van der Waals surface area contributed by atoms with Crippen molar-refractivity contribution in [2.24, 2.45) is 0 Å². The van der Waals surface area contributed by atoms with Crippen molar-refractivity contribution in [3.8, 4) is 45.6 Å². The van der Waals surface area contributed by atoms with Crippen LogP contribution in [0.2, 0.25) is 0 Å². The van der Waals surface area contributed by atoms with Gasteiger partial charge in [-0.1, -0.05) is 32.8 Å². The Morgan fingerprint density at radius 2 is 1.30 bits per heavy atom. The number of benzene rings is 3. The molecule has 1 unspecified atom stereocenters. The fourth-order valence-corrected chi connectivity index (χ4v) is 4.82. The van der Waals surface area contributed by atoms with Gasteiger partial charge in [0.1, 0.15) is 6.61 Å². The van der Waals surface area contributed by atoms with Gasteiger partial charge in [0.25, 0.3) is 0 Å². The molecule has 1 aliphatic heterocycles. The lowest BCUT2D eigenvalue weighted by Crippen LogP contribution is -2.20. The molecule has 3 aromatic rings. The summed E-state index contributed by atoms with van der Waals surface area (Å²) >= 11 is 0. The standard InChI is InChI=1S/C31H38O6/c1-7-10-20-14-23-24-15-21(11-8-2)17-28(34-6)31(24)37-29(19-36-30(23)27(16-20)33-5)22-12-13-25(35-9-3)26(18-22)32-4/h12-18,29H,7-11,19H2,1-6H3. The summed E-state index contributed by atoms with van der Waals surface area (Å²) in [4.78, 5) is 0.